The van der Waals surface area contributed by atoms with Crippen molar-refractivity contribution in [3.05, 3.63) is 157 Å². The van der Waals surface area contributed by atoms with E-state index in [4.69, 9.17) is 9.97 Å². The van der Waals surface area contributed by atoms with Gasteiger partial charge in [-0.3, -0.25) is 9.97 Å². The Kier molecular flexibility index (Phi) is 5.58. The van der Waals surface area contributed by atoms with E-state index in [0.717, 1.165) is 22.5 Å². The minimum absolute atomic E-state index is 0.161. The Balaban J connectivity index is 1.27. The van der Waals surface area contributed by atoms with E-state index in [1.165, 1.54) is 65.7 Å². The van der Waals surface area contributed by atoms with Crippen molar-refractivity contribution < 1.29 is 0 Å². The third kappa shape index (κ3) is 3.89. The summed E-state index contributed by atoms with van der Waals surface area (Å²) in [6.45, 7) is 4.73. The maximum Gasteiger partial charge on any atom is 0.0708 e. The van der Waals surface area contributed by atoms with Crippen molar-refractivity contribution in [2.75, 3.05) is 0 Å². The molecule has 0 saturated heterocycles. The van der Waals surface area contributed by atoms with Gasteiger partial charge in [-0.25, -0.2) is 0 Å². The molecule has 212 valence electrons. The van der Waals surface area contributed by atoms with Gasteiger partial charge in [0.25, 0.3) is 0 Å². The molecule has 6 aromatic carbocycles. The van der Waals surface area contributed by atoms with Crippen LogP contribution in [-0.2, 0) is 5.41 Å². The topological polar surface area (TPSA) is 25.8 Å². The molecule has 1 aliphatic rings. The molecule has 0 saturated carbocycles. The molecule has 0 fully saturated rings. The molecule has 8 aromatic rings. The summed E-state index contributed by atoms with van der Waals surface area (Å²) in [5.74, 6) is 0. The van der Waals surface area contributed by atoms with Crippen molar-refractivity contribution in [2.45, 2.75) is 19.3 Å². The van der Waals surface area contributed by atoms with Crippen molar-refractivity contribution in [2.24, 2.45) is 0 Å². The van der Waals surface area contributed by atoms with Gasteiger partial charge in [0.1, 0.15) is 0 Å². The largest absolute Gasteiger partial charge is 0.256 e. The second-order valence-corrected chi connectivity index (χ2v) is 12.6. The lowest BCUT2D eigenvalue weighted by Gasteiger charge is -2.34. The average molecular weight is 575 g/mol. The van der Waals surface area contributed by atoms with Crippen LogP contribution in [0.2, 0.25) is 0 Å². The molecule has 0 unspecified atom stereocenters. The maximum absolute atomic E-state index is 5.00. The van der Waals surface area contributed by atoms with E-state index in [2.05, 4.69) is 135 Å². The fourth-order valence-corrected chi connectivity index (χ4v) is 7.46. The third-order valence-corrected chi connectivity index (χ3v) is 9.76. The molecule has 2 nitrogen and oxygen atoms in total. The van der Waals surface area contributed by atoms with E-state index < -0.39 is 0 Å². The molecule has 2 heterocycles. The molecule has 0 bridgehead atoms. The number of pyridine rings is 2. The Bertz CT molecular complexity index is 2380. The Morgan fingerprint density at radius 3 is 1.60 bits per heavy atom. The van der Waals surface area contributed by atoms with Crippen molar-refractivity contribution in [3.63, 3.8) is 0 Å². The number of rotatable bonds is 4. The Morgan fingerprint density at radius 2 is 1.00 bits per heavy atom. The van der Waals surface area contributed by atoms with Crippen LogP contribution in [0.25, 0.3) is 77.1 Å². The van der Waals surface area contributed by atoms with Crippen LogP contribution in [0, 0.1) is 0 Å². The van der Waals surface area contributed by atoms with Crippen molar-refractivity contribution in [1.82, 2.24) is 9.97 Å². The highest BCUT2D eigenvalue weighted by Gasteiger charge is 2.33. The minimum atomic E-state index is -0.161. The summed E-state index contributed by atoms with van der Waals surface area (Å²) in [7, 11) is 0. The standard InChI is InChI=1S/C43H30N2/c1-43(2)36-15-9-14-33-35(39-23-18-31(26-45-39)28-12-7-4-8-13-28)24-29-16-19-34-32(20-21-37(43)42(34)40(29)41(33)36)38-22-17-30(25-44-38)27-10-5-3-6-11-27/h3-26H,1-2H3. The second kappa shape index (κ2) is 9.70. The molecule has 45 heavy (non-hydrogen) atoms. The Hall–Kier alpha value is -5.60. The van der Waals surface area contributed by atoms with E-state index >= 15 is 0 Å². The first-order chi connectivity index (χ1) is 22.1. The summed E-state index contributed by atoms with van der Waals surface area (Å²) in [5, 5.41) is 7.76. The van der Waals surface area contributed by atoms with Gasteiger partial charge in [0.15, 0.2) is 0 Å². The molecule has 0 spiro atoms. The predicted octanol–water partition coefficient (Wildman–Crippen LogP) is 11.2. The molecule has 0 N–H and O–H groups in total. The summed E-state index contributed by atoms with van der Waals surface area (Å²) in [5.41, 5.74) is 11.5. The zero-order chi connectivity index (χ0) is 30.1. The highest BCUT2D eigenvalue weighted by Crippen LogP contribution is 2.51. The molecule has 1 aliphatic carbocycles. The van der Waals surface area contributed by atoms with Crippen LogP contribution in [0.15, 0.2) is 146 Å². The number of nitrogens with zero attached hydrogens (tertiary/aromatic N) is 2. The van der Waals surface area contributed by atoms with Crippen LogP contribution in [-0.4, -0.2) is 9.97 Å². The Labute approximate surface area is 262 Å². The van der Waals surface area contributed by atoms with Crippen molar-refractivity contribution in [3.8, 4) is 44.8 Å². The van der Waals surface area contributed by atoms with Gasteiger partial charge in [-0.05, 0) is 72.8 Å². The van der Waals surface area contributed by atoms with E-state index in [1.807, 2.05) is 24.5 Å². The lowest BCUT2D eigenvalue weighted by Crippen LogP contribution is -2.22. The summed E-state index contributed by atoms with van der Waals surface area (Å²) >= 11 is 0. The average Bonchev–Trinajstić information content (AvgIpc) is 3.10. The van der Waals surface area contributed by atoms with Gasteiger partial charge in [-0.1, -0.05) is 129 Å². The Morgan fingerprint density at radius 1 is 0.422 bits per heavy atom. The summed E-state index contributed by atoms with van der Waals surface area (Å²) in [6.07, 6.45) is 4.00. The normalized spacial score (nSPS) is 13.3. The van der Waals surface area contributed by atoms with Gasteiger partial charge in [0.2, 0.25) is 0 Å². The quantitative estimate of drug-likeness (QED) is 0.195. The van der Waals surface area contributed by atoms with E-state index in [9.17, 15) is 0 Å². The molecular weight excluding hydrogens is 544 g/mol. The third-order valence-electron chi connectivity index (χ3n) is 9.76. The van der Waals surface area contributed by atoms with Gasteiger partial charge < -0.3 is 0 Å². The number of benzene rings is 6. The summed E-state index contributed by atoms with van der Waals surface area (Å²) in [6, 6.07) is 47.9. The van der Waals surface area contributed by atoms with Crippen LogP contribution in [0.5, 0.6) is 0 Å². The molecule has 2 aromatic heterocycles. The molecule has 9 rings (SSSR count). The first-order valence-corrected chi connectivity index (χ1v) is 15.6. The first-order valence-electron chi connectivity index (χ1n) is 15.6. The smallest absolute Gasteiger partial charge is 0.0708 e. The van der Waals surface area contributed by atoms with Crippen LogP contribution in [0.3, 0.4) is 0 Å². The fraction of sp³-hybridized carbons (Fsp3) is 0.0698. The SMILES string of the molecule is CC1(C)c2ccc(-c3ccc(-c4ccccc4)cn3)c3ccc4cc(-c5ccc(-c6ccccc6)cn5)c5cccc1c5c4c23. The van der Waals surface area contributed by atoms with Gasteiger partial charge in [-0.2, -0.15) is 0 Å². The predicted molar refractivity (Wildman–Crippen MR) is 188 cm³/mol. The minimum Gasteiger partial charge on any atom is -0.256 e. The number of aromatic nitrogens is 2. The van der Waals surface area contributed by atoms with Crippen LogP contribution >= 0.6 is 0 Å². The highest BCUT2D eigenvalue weighted by molar-refractivity contribution is 6.28. The first kappa shape index (κ1) is 25.9. The molecule has 0 radical (unpaired) electrons. The summed E-state index contributed by atoms with van der Waals surface area (Å²) < 4.78 is 0. The van der Waals surface area contributed by atoms with E-state index in [1.54, 1.807) is 0 Å². The number of hydrogen-bond acceptors (Lipinski definition) is 2. The molecule has 0 amide bonds. The molecule has 0 atom stereocenters. The molecule has 0 aliphatic heterocycles. The van der Waals surface area contributed by atoms with Gasteiger partial charge >= 0.3 is 0 Å². The van der Waals surface area contributed by atoms with Crippen molar-refractivity contribution in [1.29, 1.82) is 0 Å². The van der Waals surface area contributed by atoms with Gasteiger partial charge in [0.05, 0.1) is 11.4 Å². The van der Waals surface area contributed by atoms with Gasteiger partial charge in [0, 0.05) is 40.1 Å². The maximum atomic E-state index is 5.00. The zero-order valence-corrected chi connectivity index (χ0v) is 25.3. The van der Waals surface area contributed by atoms with Crippen LogP contribution < -0.4 is 0 Å². The van der Waals surface area contributed by atoms with Gasteiger partial charge in [-0.15, -0.1) is 0 Å². The zero-order valence-electron chi connectivity index (χ0n) is 25.3. The monoisotopic (exact) mass is 574 g/mol. The van der Waals surface area contributed by atoms with E-state index in [0.29, 0.717) is 0 Å². The second-order valence-electron chi connectivity index (χ2n) is 12.6. The van der Waals surface area contributed by atoms with Crippen LogP contribution in [0.4, 0.5) is 0 Å². The lowest BCUT2D eigenvalue weighted by atomic mass is 9.68. The number of hydrogen-bond donors (Lipinski definition) is 0. The fourth-order valence-electron chi connectivity index (χ4n) is 7.46. The summed E-state index contributed by atoms with van der Waals surface area (Å²) in [4.78, 5) is 9.97. The molecular formula is C43H30N2. The van der Waals surface area contributed by atoms with Crippen molar-refractivity contribution >= 4 is 32.3 Å². The van der Waals surface area contributed by atoms with Crippen LogP contribution in [0.1, 0.15) is 25.0 Å². The molecule has 2 heteroatoms. The lowest BCUT2D eigenvalue weighted by molar-refractivity contribution is 0.652. The van der Waals surface area contributed by atoms with E-state index in [-0.39, 0.29) is 5.41 Å². The highest BCUT2D eigenvalue weighted by atomic mass is 14.7.